The average Bonchev–Trinajstić information content (AvgIpc) is 2.69. The quantitative estimate of drug-likeness (QED) is 0.364. The van der Waals surface area contributed by atoms with Gasteiger partial charge in [0.1, 0.15) is 4.90 Å². The topological polar surface area (TPSA) is 126 Å². The van der Waals surface area contributed by atoms with Crippen LogP contribution in [0.3, 0.4) is 0 Å². The number of fused-ring (bicyclic) bond motifs is 1. The van der Waals surface area contributed by atoms with Crippen LogP contribution in [0, 0.1) is 5.41 Å². The Labute approximate surface area is 169 Å². The molecule has 3 aromatic carbocycles. The van der Waals surface area contributed by atoms with Crippen LogP contribution in [0.15, 0.2) is 65.6 Å². The third-order valence-electron chi connectivity index (χ3n) is 4.62. The van der Waals surface area contributed by atoms with Gasteiger partial charge in [-0.15, -0.1) is 0 Å². The Morgan fingerprint density at radius 1 is 1.03 bits per heavy atom. The smallest absolute Gasteiger partial charge is 0.397 e. The highest BCUT2D eigenvalue weighted by molar-refractivity contribution is 7.93. The summed E-state index contributed by atoms with van der Waals surface area (Å²) in [6.07, 6.45) is 0. The largest absolute Gasteiger partial charge is 0.398 e. The van der Waals surface area contributed by atoms with Gasteiger partial charge in [0.25, 0.3) is 0 Å². The highest BCUT2D eigenvalue weighted by Crippen LogP contribution is 2.29. The molecule has 0 aliphatic heterocycles. The first-order valence-electron chi connectivity index (χ1n) is 8.98. The second-order valence-corrected chi connectivity index (χ2v) is 9.10. The number of aliphatic hydroxyl groups excluding tert-OH is 1. The number of aliphatic hydroxyl groups is 1. The fraction of sp³-hybridized carbons (Fsp3) is 0.190. The fourth-order valence-corrected chi connectivity index (χ4v) is 4.04. The number of rotatable bonds is 6. The van der Waals surface area contributed by atoms with Crippen molar-refractivity contribution in [3.8, 4) is 0 Å². The third kappa shape index (κ3) is 4.33. The van der Waals surface area contributed by atoms with Gasteiger partial charge < -0.3 is 16.2 Å². The zero-order valence-electron chi connectivity index (χ0n) is 16.2. The van der Waals surface area contributed by atoms with E-state index in [9.17, 15) is 18.3 Å². The van der Waals surface area contributed by atoms with Crippen LogP contribution < -0.4 is 15.8 Å². The van der Waals surface area contributed by atoms with Gasteiger partial charge in [-0.2, -0.15) is 4.21 Å². The van der Waals surface area contributed by atoms with Gasteiger partial charge in [-0.3, -0.25) is 4.79 Å². The van der Waals surface area contributed by atoms with E-state index in [0.29, 0.717) is 27.8 Å². The van der Waals surface area contributed by atoms with Gasteiger partial charge in [-0.1, -0.05) is 24.3 Å². The monoisotopic (exact) mass is 414 g/mol. The van der Waals surface area contributed by atoms with Gasteiger partial charge in [-0.05, 0) is 50.2 Å². The summed E-state index contributed by atoms with van der Waals surface area (Å²) in [5.74, 6) is -0.319. The first kappa shape index (κ1) is 20.6. The lowest BCUT2D eigenvalue weighted by Crippen LogP contribution is -2.33. The maximum Gasteiger partial charge on any atom is 0.397 e. The molecule has 3 aromatic rings. The minimum Gasteiger partial charge on any atom is -0.398 e. The summed E-state index contributed by atoms with van der Waals surface area (Å²) in [6.45, 7) is 2.99. The molecule has 1 atom stereocenters. The van der Waals surface area contributed by atoms with E-state index >= 15 is 0 Å². The molecular weight excluding hydrogens is 390 g/mol. The van der Waals surface area contributed by atoms with Crippen molar-refractivity contribution < 1.29 is 18.3 Å². The van der Waals surface area contributed by atoms with E-state index in [1.807, 2.05) is 6.07 Å². The summed E-state index contributed by atoms with van der Waals surface area (Å²) < 4.78 is 26.3. The van der Waals surface area contributed by atoms with E-state index < -0.39 is 15.4 Å². The molecule has 0 bridgehead atoms. The number of hydrogen-bond donors (Lipinski definition) is 4. The van der Waals surface area contributed by atoms with Gasteiger partial charge in [0.15, 0.2) is 0 Å². The molecule has 0 spiro atoms. The molecule has 6 N–H and O–H groups in total. The van der Waals surface area contributed by atoms with Crippen LogP contribution in [-0.4, -0.2) is 26.0 Å². The molecule has 1 amide bonds. The zero-order valence-corrected chi connectivity index (χ0v) is 17.0. The lowest BCUT2D eigenvalue weighted by Gasteiger charge is -2.20. The van der Waals surface area contributed by atoms with Crippen molar-refractivity contribution in [2.45, 2.75) is 18.7 Å². The number of amides is 1. The van der Waals surface area contributed by atoms with Crippen LogP contribution in [0.4, 0.5) is 17.1 Å². The molecule has 0 aliphatic rings. The number of benzene rings is 3. The summed E-state index contributed by atoms with van der Waals surface area (Å²) in [6, 6.07) is 16.7. The highest BCUT2D eigenvalue weighted by atomic mass is 32.2. The van der Waals surface area contributed by atoms with E-state index in [-0.39, 0.29) is 17.4 Å². The Hall–Kier alpha value is -3.10. The molecule has 0 radical (unpaired) electrons. The lowest BCUT2D eigenvalue weighted by molar-refractivity contribution is -0.125. The summed E-state index contributed by atoms with van der Waals surface area (Å²) in [5, 5.41) is 13.3. The molecule has 3 rings (SSSR count). The molecule has 0 saturated carbocycles. The molecular formula is C21H24N3O4S+. The number of anilines is 3. The van der Waals surface area contributed by atoms with Crippen LogP contribution in [0.1, 0.15) is 13.8 Å². The van der Waals surface area contributed by atoms with E-state index in [1.165, 1.54) is 0 Å². The van der Waals surface area contributed by atoms with E-state index in [1.54, 1.807) is 68.4 Å². The zero-order chi connectivity index (χ0) is 21.2. The number of hydrogen-bond acceptors (Lipinski definition) is 4. The van der Waals surface area contributed by atoms with Gasteiger partial charge in [0.2, 0.25) is 5.91 Å². The summed E-state index contributed by atoms with van der Waals surface area (Å²) in [7, 11) is -3.60. The Bertz CT molecular complexity index is 1160. The Balaban J connectivity index is 1.83. The van der Waals surface area contributed by atoms with E-state index in [4.69, 9.17) is 5.73 Å². The minimum atomic E-state index is -3.60. The predicted molar refractivity (Wildman–Crippen MR) is 116 cm³/mol. The van der Waals surface area contributed by atoms with Crippen LogP contribution in [0.25, 0.3) is 10.8 Å². The average molecular weight is 415 g/mol. The Morgan fingerprint density at radius 3 is 2.24 bits per heavy atom. The van der Waals surface area contributed by atoms with Crippen LogP contribution >= 0.6 is 0 Å². The predicted octanol–water partition coefficient (Wildman–Crippen LogP) is 3.34. The van der Waals surface area contributed by atoms with Crippen molar-refractivity contribution in [1.29, 1.82) is 0 Å². The standard InChI is InChI=1S/C21H23N3O4S/c1-21(2,13-25)20(26)23-14-7-9-15(10-8-14)24-29(27,28)19-12-11-18(22)16-5-3-4-6-17(16)19/h3-12,25H,13,22H2,1-2H3,(H,23,26)(H,24,27,28)/p+1. The fourth-order valence-electron chi connectivity index (χ4n) is 2.74. The number of nitrogens with one attached hydrogen (secondary N) is 2. The molecule has 0 aromatic heterocycles. The minimum absolute atomic E-state index is 0.240. The molecule has 7 nitrogen and oxygen atoms in total. The van der Waals surface area contributed by atoms with Crippen molar-refractivity contribution in [2.75, 3.05) is 22.4 Å². The molecule has 0 heterocycles. The molecule has 0 aliphatic carbocycles. The third-order valence-corrected chi connectivity index (χ3v) is 6.09. The van der Waals surface area contributed by atoms with Crippen molar-refractivity contribution in [1.82, 2.24) is 0 Å². The van der Waals surface area contributed by atoms with Crippen molar-refractivity contribution in [2.24, 2.45) is 5.41 Å². The molecule has 29 heavy (non-hydrogen) atoms. The molecule has 1 unspecified atom stereocenters. The normalized spacial score (nSPS) is 13.6. The molecule has 8 heteroatoms. The van der Waals surface area contributed by atoms with Crippen molar-refractivity contribution in [3.63, 3.8) is 0 Å². The Morgan fingerprint density at radius 2 is 1.62 bits per heavy atom. The highest BCUT2D eigenvalue weighted by Gasteiger charge is 2.27. The van der Waals surface area contributed by atoms with E-state index in [2.05, 4.69) is 10.0 Å². The van der Waals surface area contributed by atoms with Crippen LogP contribution in [-0.2, 0) is 14.8 Å². The SMILES string of the molecule is CC(C)(CO)C(=O)Nc1ccc(NS(=O)(=[OH+])c2ccc(N)c3ccccc23)cc1. The Kier molecular flexibility index (Phi) is 5.50. The van der Waals surface area contributed by atoms with Crippen LogP contribution in [0.2, 0.25) is 0 Å². The number of carbonyl (C=O) groups excluding carboxylic acids is 1. The number of carbonyl (C=O) groups is 1. The molecule has 152 valence electrons. The van der Waals surface area contributed by atoms with Gasteiger partial charge in [-0.25, -0.2) is 8.93 Å². The second-order valence-electron chi connectivity index (χ2n) is 7.40. The first-order valence-corrected chi connectivity index (χ1v) is 10.5. The van der Waals surface area contributed by atoms with Gasteiger partial charge in [0, 0.05) is 22.1 Å². The van der Waals surface area contributed by atoms with Crippen molar-refractivity contribution >= 4 is 43.8 Å². The first-order chi connectivity index (χ1) is 13.6. The number of nitrogen functional groups attached to an aromatic ring is 1. The van der Waals surface area contributed by atoms with Gasteiger partial charge in [0.05, 0.1) is 17.7 Å². The summed E-state index contributed by atoms with van der Waals surface area (Å²) in [5.41, 5.74) is 6.53. The summed E-state index contributed by atoms with van der Waals surface area (Å²) in [4.78, 5) is 12.4. The maximum absolute atomic E-state index is 13.0. The molecule has 0 saturated heterocycles. The summed E-state index contributed by atoms with van der Waals surface area (Å²) >= 11 is 0. The van der Waals surface area contributed by atoms with Gasteiger partial charge >= 0.3 is 10.0 Å². The van der Waals surface area contributed by atoms with Crippen LogP contribution in [0.5, 0.6) is 0 Å². The molecule has 0 fully saturated rings. The lowest BCUT2D eigenvalue weighted by atomic mass is 9.93. The second kappa shape index (κ2) is 7.73. The maximum atomic E-state index is 13.0. The number of nitrogens with two attached hydrogens (primary N) is 1. The van der Waals surface area contributed by atoms with E-state index in [0.717, 1.165) is 0 Å². The van der Waals surface area contributed by atoms with Crippen molar-refractivity contribution in [3.05, 3.63) is 60.7 Å².